The Bertz CT molecular complexity index is 1100. The highest BCUT2D eigenvalue weighted by Gasteiger charge is 2.32. The average Bonchev–Trinajstić information content (AvgIpc) is 2.83. The van der Waals surface area contributed by atoms with E-state index in [0.29, 0.717) is 50.8 Å². The van der Waals surface area contributed by atoms with Crippen molar-refractivity contribution >= 4 is 23.6 Å². The van der Waals surface area contributed by atoms with Crippen LogP contribution < -0.4 is 15.5 Å². The summed E-state index contributed by atoms with van der Waals surface area (Å²) in [6.45, 7) is 13.1. The van der Waals surface area contributed by atoms with Crippen LogP contribution in [0.2, 0.25) is 0 Å². The normalized spacial score (nSPS) is 17.9. The Balaban J connectivity index is 1.67. The van der Waals surface area contributed by atoms with E-state index in [1.165, 1.54) is 0 Å². The van der Waals surface area contributed by atoms with Gasteiger partial charge in [-0.25, -0.2) is 19.6 Å². The van der Waals surface area contributed by atoms with E-state index in [9.17, 15) is 9.59 Å². The van der Waals surface area contributed by atoms with Crippen molar-refractivity contribution in [3.63, 3.8) is 0 Å². The maximum Gasteiger partial charge on any atom is 0.410 e. The molecular formula is C26H36N6O4. The van der Waals surface area contributed by atoms with Crippen LogP contribution in [0.25, 0.3) is 11.4 Å². The third-order valence-electron chi connectivity index (χ3n) is 6.07. The monoisotopic (exact) mass is 496 g/mol. The van der Waals surface area contributed by atoms with E-state index >= 15 is 0 Å². The minimum absolute atomic E-state index is 0.179. The fourth-order valence-electron chi connectivity index (χ4n) is 4.34. The number of amides is 3. The molecule has 1 aromatic heterocycles. The molecule has 3 amide bonds. The molecule has 4 rings (SSSR count). The second kappa shape index (κ2) is 10.7. The fourth-order valence-corrected chi connectivity index (χ4v) is 4.34. The molecule has 10 heteroatoms. The van der Waals surface area contributed by atoms with Crippen LogP contribution in [0.3, 0.4) is 0 Å². The van der Waals surface area contributed by atoms with Crippen LogP contribution in [0.15, 0.2) is 24.3 Å². The standard InChI is InChI=1S/C26H36N6O4/c1-6-27-24(33)28-19-9-7-18(8-10-19)22-29-21-15-31(25(34)36-26(3,4)5)12-11-20(21)23(30-22)32-13-14-35-16-17(32)2/h7-10,17H,6,11-16H2,1-5H3,(H2,27,28,33). The highest BCUT2D eigenvalue weighted by atomic mass is 16.6. The lowest BCUT2D eigenvalue weighted by Crippen LogP contribution is -2.46. The van der Waals surface area contributed by atoms with Crippen molar-refractivity contribution in [2.24, 2.45) is 0 Å². The molecule has 2 N–H and O–H groups in total. The molecule has 1 atom stereocenters. The van der Waals surface area contributed by atoms with Gasteiger partial charge in [-0.15, -0.1) is 0 Å². The van der Waals surface area contributed by atoms with E-state index in [-0.39, 0.29) is 18.2 Å². The number of benzene rings is 1. The summed E-state index contributed by atoms with van der Waals surface area (Å²) in [6.07, 6.45) is 0.319. The summed E-state index contributed by atoms with van der Waals surface area (Å²) in [4.78, 5) is 38.5. The summed E-state index contributed by atoms with van der Waals surface area (Å²) in [7, 11) is 0. The van der Waals surface area contributed by atoms with Crippen LogP contribution in [0, 0.1) is 0 Å². The molecule has 0 aliphatic carbocycles. The number of urea groups is 1. The molecule has 2 aliphatic heterocycles. The quantitative estimate of drug-likeness (QED) is 0.663. The van der Waals surface area contributed by atoms with Gasteiger partial charge in [0.1, 0.15) is 11.4 Å². The number of aromatic nitrogens is 2. The third-order valence-corrected chi connectivity index (χ3v) is 6.07. The highest BCUT2D eigenvalue weighted by Crippen LogP contribution is 2.32. The van der Waals surface area contributed by atoms with Crippen LogP contribution in [0.1, 0.15) is 45.9 Å². The SMILES string of the molecule is CCNC(=O)Nc1ccc(-c2nc3c(c(N4CCOCC4C)n2)CCN(C(=O)OC(C)(C)C)C3)cc1. The van der Waals surface area contributed by atoms with Crippen molar-refractivity contribution in [2.75, 3.05) is 43.1 Å². The van der Waals surface area contributed by atoms with Crippen molar-refractivity contribution in [2.45, 2.75) is 59.2 Å². The van der Waals surface area contributed by atoms with Gasteiger partial charge in [-0.1, -0.05) is 0 Å². The van der Waals surface area contributed by atoms with Crippen molar-refractivity contribution in [1.82, 2.24) is 20.2 Å². The van der Waals surface area contributed by atoms with Gasteiger partial charge in [0.05, 0.1) is 31.5 Å². The van der Waals surface area contributed by atoms with Gasteiger partial charge in [0.15, 0.2) is 5.82 Å². The molecule has 10 nitrogen and oxygen atoms in total. The number of rotatable bonds is 4. The Morgan fingerprint density at radius 3 is 2.58 bits per heavy atom. The van der Waals surface area contributed by atoms with Crippen molar-refractivity contribution in [3.8, 4) is 11.4 Å². The lowest BCUT2D eigenvalue weighted by Gasteiger charge is -2.38. The molecule has 0 spiro atoms. The zero-order chi connectivity index (χ0) is 25.9. The van der Waals surface area contributed by atoms with E-state index in [4.69, 9.17) is 19.4 Å². The Morgan fingerprint density at radius 2 is 1.92 bits per heavy atom. The second-order valence-electron chi connectivity index (χ2n) is 10.1. The number of morpholine rings is 1. The minimum Gasteiger partial charge on any atom is -0.444 e. The van der Waals surface area contributed by atoms with Gasteiger partial charge in [0.25, 0.3) is 0 Å². The number of nitrogens with zero attached hydrogens (tertiary/aromatic N) is 4. The van der Waals surface area contributed by atoms with Crippen LogP contribution in [-0.2, 0) is 22.4 Å². The first-order valence-electron chi connectivity index (χ1n) is 12.5. The van der Waals surface area contributed by atoms with Crippen LogP contribution >= 0.6 is 0 Å². The Kier molecular flexibility index (Phi) is 7.63. The van der Waals surface area contributed by atoms with Gasteiger partial charge in [-0.05, 0) is 65.3 Å². The Labute approximate surface area is 212 Å². The summed E-state index contributed by atoms with van der Waals surface area (Å²) >= 11 is 0. The number of anilines is 2. The topological polar surface area (TPSA) is 109 Å². The fraction of sp³-hybridized carbons (Fsp3) is 0.538. The van der Waals surface area contributed by atoms with E-state index in [1.807, 2.05) is 52.0 Å². The zero-order valence-corrected chi connectivity index (χ0v) is 21.8. The van der Waals surface area contributed by atoms with Gasteiger partial charge in [-0.2, -0.15) is 0 Å². The Morgan fingerprint density at radius 1 is 1.17 bits per heavy atom. The number of hydrogen-bond acceptors (Lipinski definition) is 7. The second-order valence-corrected chi connectivity index (χ2v) is 10.1. The summed E-state index contributed by atoms with van der Waals surface area (Å²) in [5.74, 6) is 1.48. The van der Waals surface area contributed by atoms with Gasteiger partial charge < -0.3 is 29.9 Å². The van der Waals surface area contributed by atoms with Crippen molar-refractivity contribution in [3.05, 3.63) is 35.5 Å². The number of hydrogen-bond donors (Lipinski definition) is 2. The number of fused-ring (bicyclic) bond motifs is 1. The molecule has 1 aromatic carbocycles. The lowest BCUT2D eigenvalue weighted by molar-refractivity contribution is 0.0220. The van der Waals surface area contributed by atoms with E-state index < -0.39 is 5.60 Å². The first-order chi connectivity index (χ1) is 17.1. The lowest BCUT2D eigenvalue weighted by atomic mass is 10.0. The predicted molar refractivity (Wildman–Crippen MR) is 138 cm³/mol. The van der Waals surface area contributed by atoms with Crippen molar-refractivity contribution < 1.29 is 19.1 Å². The first kappa shape index (κ1) is 25.7. The number of nitrogens with one attached hydrogen (secondary N) is 2. The van der Waals surface area contributed by atoms with E-state index in [2.05, 4.69) is 22.5 Å². The van der Waals surface area contributed by atoms with Crippen LogP contribution in [0.5, 0.6) is 0 Å². The van der Waals surface area contributed by atoms with Crippen LogP contribution in [0.4, 0.5) is 21.1 Å². The molecule has 3 heterocycles. The predicted octanol–water partition coefficient (Wildman–Crippen LogP) is 3.80. The van der Waals surface area contributed by atoms with Gasteiger partial charge in [0, 0.05) is 36.4 Å². The molecule has 1 unspecified atom stereocenters. The molecule has 1 saturated heterocycles. The third kappa shape index (κ3) is 6.04. The van der Waals surface area contributed by atoms with Gasteiger partial charge >= 0.3 is 12.1 Å². The Hall–Kier alpha value is -3.40. The molecule has 0 radical (unpaired) electrons. The maximum atomic E-state index is 12.8. The molecule has 0 bridgehead atoms. The first-order valence-corrected chi connectivity index (χ1v) is 12.5. The molecule has 0 saturated carbocycles. The van der Waals surface area contributed by atoms with Crippen LogP contribution in [-0.4, -0.2) is 71.5 Å². The highest BCUT2D eigenvalue weighted by molar-refractivity contribution is 5.89. The van der Waals surface area contributed by atoms with E-state index in [0.717, 1.165) is 29.2 Å². The summed E-state index contributed by atoms with van der Waals surface area (Å²) in [6, 6.07) is 7.38. The summed E-state index contributed by atoms with van der Waals surface area (Å²) in [5, 5.41) is 5.52. The molecule has 1 fully saturated rings. The molecule has 36 heavy (non-hydrogen) atoms. The summed E-state index contributed by atoms with van der Waals surface area (Å²) < 4.78 is 11.3. The number of carbonyl (C=O) groups is 2. The smallest absolute Gasteiger partial charge is 0.410 e. The van der Waals surface area contributed by atoms with Crippen molar-refractivity contribution in [1.29, 1.82) is 0 Å². The van der Waals surface area contributed by atoms with Gasteiger partial charge in [-0.3, -0.25) is 0 Å². The maximum absolute atomic E-state index is 12.8. The largest absolute Gasteiger partial charge is 0.444 e. The number of ether oxygens (including phenoxy) is 2. The zero-order valence-electron chi connectivity index (χ0n) is 21.8. The minimum atomic E-state index is -0.563. The van der Waals surface area contributed by atoms with E-state index in [1.54, 1.807) is 4.90 Å². The summed E-state index contributed by atoms with van der Waals surface area (Å²) in [5.41, 5.74) is 2.85. The molecular weight excluding hydrogens is 460 g/mol. The number of carbonyl (C=O) groups excluding carboxylic acids is 2. The molecule has 2 aromatic rings. The molecule has 194 valence electrons. The van der Waals surface area contributed by atoms with Gasteiger partial charge in [0.2, 0.25) is 0 Å². The average molecular weight is 497 g/mol. The molecule has 2 aliphatic rings.